The molecule has 0 radical (unpaired) electrons. The Balaban J connectivity index is 1.40. The molecule has 7 nitrogen and oxygen atoms in total. The fourth-order valence-corrected chi connectivity index (χ4v) is 8.46. The minimum Gasteiger partial charge on any atom is -0.481 e. The number of halogens is 3. The van der Waals surface area contributed by atoms with Crippen LogP contribution in [-0.2, 0) is 27.1 Å². The van der Waals surface area contributed by atoms with Crippen LogP contribution in [-0.4, -0.2) is 44.0 Å². The summed E-state index contributed by atoms with van der Waals surface area (Å²) < 4.78 is 18.4. The van der Waals surface area contributed by atoms with Crippen LogP contribution in [0.4, 0.5) is 10.1 Å². The van der Waals surface area contributed by atoms with E-state index < -0.39 is 28.7 Å². The average Bonchev–Trinajstić information content (AvgIpc) is 3.57. The number of nitrogens with one attached hydrogen (secondary N) is 1. The van der Waals surface area contributed by atoms with E-state index in [-0.39, 0.29) is 22.9 Å². The number of anilines is 1. The molecule has 2 fully saturated rings. The molecule has 4 aromatic rings. The molecule has 1 aliphatic carbocycles. The number of fused-ring (bicyclic) bond motifs is 7. The molecular weight excluding hydrogens is 602 g/mol. The first-order valence-corrected chi connectivity index (χ1v) is 15.8. The highest BCUT2D eigenvalue weighted by molar-refractivity contribution is 6.31. The van der Waals surface area contributed by atoms with Crippen molar-refractivity contribution in [2.75, 3.05) is 11.9 Å². The Morgan fingerprint density at radius 3 is 2.68 bits per heavy atom. The van der Waals surface area contributed by atoms with E-state index in [0.717, 1.165) is 36.2 Å². The van der Waals surface area contributed by atoms with Gasteiger partial charge in [0, 0.05) is 47.2 Å². The first-order valence-electron chi connectivity index (χ1n) is 15.1. The lowest BCUT2D eigenvalue weighted by atomic mass is 9.70. The smallest absolute Gasteiger partial charge is 0.313 e. The number of benzene rings is 3. The Labute approximate surface area is 264 Å². The molecule has 1 saturated heterocycles. The molecule has 1 spiro atoms. The van der Waals surface area contributed by atoms with Gasteiger partial charge in [-0.15, -0.1) is 0 Å². The zero-order chi connectivity index (χ0) is 30.7. The van der Waals surface area contributed by atoms with Gasteiger partial charge in [0.05, 0.1) is 21.5 Å². The zero-order valence-corrected chi connectivity index (χ0v) is 25.8. The molecule has 3 aliphatic heterocycles. The number of likely N-dealkylation sites (tertiary alicyclic amines) is 1. The lowest BCUT2D eigenvalue weighted by molar-refractivity contribution is -0.142. The lowest BCUT2D eigenvalue weighted by Crippen LogP contribution is -2.53. The molecule has 4 atom stereocenters. The standard InChI is InChI=1S/C34H31Cl2FN4O3/c1-33(2,32(43)44)18-8-11-25-24(14-18)38-30-27-26(12-13-40(25)30)41(16-17-6-7-17)34(28(27)20-4-3-5-22(36)29(20)37)21-10-9-19(35)15-23(21)39-31(34)42/h3-5,8-11,14-15,17,26-28H,6-7,12-13,16H2,1-2H3,(H,39,42)(H,43,44)/t26-,27+,28-,34+/m0/s1. The molecule has 8 rings (SSSR count). The number of hydrogen-bond donors (Lipinski definition) is 2. The number of nitrogens with zero attached hydrogens (tertiary/aromatic N) is 3. The van der Waals surface area contributed by atoms with Crippen LogP contribution >= 0.6 is 23.2 Å². The summed E-state index contributed by atoms with van der Waals surface area (Å²) in [5, 5.41) is 13.5. The molecule has 0 unspecified atom stereocenters. The predicted molar refractivity (Wildman–Crippen MR) is 167 cm³/mol. The summed E-state index contributed by atoms with van der Waals surface area (Å²) in [5.74, 6) is -1.39. The number of amides is 1. The topological polar surface area (TPSA) is 87.5 Å². The van der Waals surface area contributed by atoms with Gasteiger partial charge < -0.3 is 15.0 Å². The largest absolute Gasteiger partial charge is 0.481 e. The Morgan fingerprint density at radius 2 is 1.93 bits per heavy atom. The van der Waals surface area contributed by atoms with Gasteiger partial charge in [0.2, 0.25) is 5.91 Å². The monoisotopic (exact) mass is 632 g/mol. The maximum atomic E-state index is 16.3. The van der Waals surface area contributed by atoms with Crippen molar-refractivity contribution in [1.82, 2.24) is 14.5 Å². The van der Waals surface area contributed by atoms with E-state index in [1.54, 1.807) is 38.1 Å². The van der Waals surface area contributed by atoms with Gasteiger partial charge in [-0.3, -0.25) is 14.5 Å². The van der Waals surface area contributed by atoms with Crippen LogP contribution in [0, 0.1) is 11.7 Å². The van der Waals surface area contributed by atoms with E-state index >= 15 is 4.39 Å². The highest BCUT2D eigenvalue weighted by atomic mass is 35.5. The van der Waals surface area contributed by atoms with Crippen LogP contribution in [0.1, 0.15) is 67.5 Å². The Kier molecular flexibility index (Phi) is 6.07. The zero-order valence-electron chi connectivity index (χ0n) is 24.3. The summed E-state index contributed by atoms with van der Waals surface area (Å²) in [6.45, 7) is 4.75. The van der Waals surface area contributed by atoms with Gasteiger partial charge in [-0.25, -0.2) is 9.37 Å². The summed E-state index contributed by atoms with van der Waals surface area (Å²) in [6, 6.07) is 16.1. The van der Waals surface area contributed by atoms with Crippen LogP contribution in [0.2, 0.25) is 10.0 Å². The van der Waals surface area contributed by atoms with Gasteiger partial charge in [-0.2, -0.15) is 0 Å². The lowest BCUT2D eigenvalue weighted by Gasteiger charge is -2.40. The van der Waals surface area contributed by atoms with Crippen LogP contribution < -0.4 is 5.32 Å². The molecular formula is C34H31Cl2FN4O3. The quantitative estimate of drug-likeness (QED) is 0.246. The van der Waals surface area contributed by atoms with Crippen molar-refractivity contribution in [3.8, 4) is 0 Å². The van der Waals surface area contributed by atoms with Crippen molar-refractivity contribution in [3.05, 3.63) is 93.0 Å². The molecule has 4 aliphatic rings. The minimum atomic E-state index is -1.20. The van der Waals surface area contributed by atoms with Crippen LogP contribution in [0.5, 0.6) is 0 Å². The van der Waals surface area contributed by atoms with Crippen molar-refractivity contribution < 1.29 is 19.1 Å². The van der Waals surface area contributed by atoms with Crippen molar-refractivity contribution in [1.29, 1.82) is 0 Å². The van der Waals surface area contributed by atoms with E-state index in [1.165, 1.54) is 6.07 Å². The number of hydrogen-bond acceptors (Lipinski definition) is 4. The minimum absolute atomic E-state index is 0.00874. The number of carbonyl (C=O) groups is 2. The maximum Gasteiger partial charge on any atom is 0.313 e. The van der Waals surface area contributed by atoms with Gasteiger partial charge in [0.25, 0.3) is 0 Å². The number of carbonyl (C=O) groups excluding carboxylic acids is 1. The van der Waals surface area contributed by atoms with Gasteiger partial charge in [-0.1, -0.05) is 47.5 Å². The van der Waals surface area contributed by atoms with Crippen LogP contribution in [0.3, 0.4) is 0 Å². The summed E-state index contributed by atoms with van der Waals surface area (Å²) in [5.41, 5.74) is 1.76. The van der Waals surface area contributed by atoms with Crippen molar-refractivity contribution >= 4 is 51.8 Å². The summed E-state index contributed by atoms with van der Waals surface area (Å²) in [4.78, 5) is 34.1. The molecule has 1 aromatic heterocycles. The SMILES string of the molecule is CC(C)(C(=O)O)c1ccc2c(c1)nc1n2CC[C@H]2[C@@H]1[C@H](c1cccc(Cl)c1F)[C@]1(C(=O)Nc3cc(Cl)ccc31)N2CC1CC1. The third kappa shape index (κ3) is 3.74. The third-order valence-corrected chi connectivity index (χ3v) is 11.0. The number of carboxylic acid groups (broad SMARTS) is 1. The molecule has 3 aromatic carbocycles. The second kappa shape index (κ2) is 9.52. The molecule has 0 bridgehead atoms. The number of rotatable bonds is 5. The fraction of sp³-hybridized carbons (Fsp3) is 0.382. The summed E-state index contributed by atoms with van der Waals surface area (Å²) >= 11 is 12.8. The second-order valence-corrected chi connectivity index (χ2v) is 14.1. The third-order valence-electron chi connectivity index (χ3n) is 10.5. The van der Waals surface area contributed by atoms with Crippen molar-refractivity contribution in [3.63, 3.8) is 0 Å². The average molecular weight is 634 g/mol. The highest BCUT2D eigenvalue weighted by Gasteiger charge is 2.69. The maximum absolute atomic E-state index is 16.3. The second-order valence-electron chi connectivity index (χ2n) is 13.3. The highest BCUT2D eigenvalue weighted by Crippen LogP contribution is 2.64. The van der Waals surface area contributed by atoms with E-state index in [1.807, 2.05) is 24.3 Å². The van der Waals surface area contributed by atoms with E-state index in [0.29, 0.717) is 46.4 Å². The molecule has 1 saturated carbocycles. The van der Waals surface area contributed by atoms with Gasteiger partial charge in [-0.05, 0) is 80.5 Å². The Morgan fingerprint density at radius 1 is 1.14 bits per heavy atom. The van der Waals surface area contributed by atoms with Crippen molar-refractivity contribution in [2.24, 2.45) is 5.92 Å². The van der Waals surface area contributed by atoms with E-state index in [4.69, 9.17) is 28.2 Å². The fourth-order valence-electron chi connectivity index (χ4n) is 8.11. The van der Waals surface area contributed by atoms with E-state index in [9.17, 15) is 14.7 Å². The number of carboxylic acids is 1. The number of aryl methyl sites for hydroxylation is 1. The van der Waals surface area contributed by atoms with Gasteiger partial charge in [0.15, 0.2) is 0 Å². The number of aliphatic carboxylic acids is 1. The van der Waals surface area contributed by atoms with Crippen molar-refractivity contribution in [2.45, 2.75) is 68.5 Å². The van der Waals surface area contributed by atoms with E-state index in [2.05, 4.69) is 14.8 Å². The Hall–Kier alpha value is -3.46. The first kappa shape index (κ1) is 28.0. The predicted octanol–water partition coefficient (Wildman–Crippen LogP) is 7.06. The normalized spacial score (nSPS) is 26.1. The van der Waals surface area contributed by atoms with Gasteiger partial charge >= 0.3 is 5.97 Å². The number of aromatic nitrogens is 2. The molecule has 2 N–H and O–H groups in total. The van der Waals surface area contributed by atoms with Crippen LogP contribution in [0.25, 0.3) is 11.0 Å². The number of imidazole rings is 1. The molecule has 1 amide bonds. The van der Waals surface area contributed by atoms with Gasteiger partial charge in [0.1, 0.15) is 17.2 Å². The molecule has 4 heterocycles. The molecule has 226 valence electrons. The molecule has 44 heavy (non-hydrogen) atoms. The molecule has 10 heteroatoms. The van der Waals surface area contributed by atoms with Crippen LogP contribution in [0.15, 0.2) is 54.6 Å². The first-order chi connectivity index (χ1) is 21.0. The summed E-state index contributed by atoms with van der Waals surface area (Å²) in [7, 11) is 0. The Bertz CT molecular complexity index is 1900. The summed E-state index contributed by atoms with van der Waals surface area (Å²) in [6.07, 6.45) is 2.93.